The zero-order chi connectivity index (χ0) is 19.3. The Morgan fingerprint density at radius 2 is 2.00 bits per heavy atom. The van der Waals surface area contributed by atoms with Gasteiger partial charge in [-0.1, -0.05) is 12.1 Å². The average molecular weight is 373 g/mol. The smallest absolute Gasteiger partial charge is 0.225 e. The van der Waals surface area contributed by atoms with Crippen molar-refractivity contribution in [3.8, 4) is 6.07 Å². The maximum absolute atomic E-state index is 12.5. The maximum atomic E-state index is 12.5. The Hall–Kier alpha value is -3.07. The lowest BCUT2D eigenvalue weighted by Gasteiger charge is -2.25. The summed E-state index contributed by atoms with van der Waals surface area (Å²) in [5.41, 5.74) is 4.19. The summed E-state index contributed by atoms with van der Waals surface area (Å²) < 4.78 is 2.11. The van der Waals surface area contributed by atoms with Crippen LogP contribution in [0.5, 0.6) is 0 Å². The van der Waals surface area contributed by atoms with Crippen LogP contribution in [0.1, 0.15) is 30.4 Å². The summed E-state index contributed by atoms with van der Waals surface area (Å²) in [6.45, 7) is 5.24. The summed E-state index contributed by atoms with van der Waals surface area (Å²) in [6.07, 6.45) is 3.05. The molecule has 1 saturated heterocycles. The molecule has 2 aliphatic rings. The second-order valence-electron chi connectivity index (χ2n) is 7.87. The number of benzene rings is 1. The molecule has 0 atom stereocenters. The Morgan fingerprint density at radius 1 is 1.18 bits per heavy atom. The fraction of sp³-hybridized carbons (Fsp3) is 0.409. The Bertz CT molecular complexity index is 1120. The van der Waals surface area contributed by atoms with E-state index < -0.39 is 0 Å². The molecule has 6 heteroatoms. The van der Waals surface area contributed by atoms with E-state index in [0.717, 1.165) is 67.9 Å². The normalized spacial score (nSPS) is 17.7. The number of anilines is 1. The molecule has 1 aliphatic carbocycles. The van der Waals surface area contributed by atoms with Crippen LogP contribution >= 0.6 is 0 Å². The number of rotatable bonds is 2. The molecule has 0 spiro atoms. The monoisotopic (exact) mass is 373 g/mol. The highest BCUT2D eigenvalue weighted by Gasteiger charge is 2.34. The molecule has 142 valence electrons. The molecule has 0 radical (unpaired) electrons. The third-order valence-corrected chi connectivity index (χ3v) is 5.92. The Labute approximate surface area is 164 Å². The molecule has 0 unspecified atom stereocenters. The van der Waals surface area contributed by atoms with Crippen molar-refractivity contribution >= 4 is 28.4 Å². The molecule has 5 rings (SSSR count). The predicted octanol–water partition coefficient (Wildman–Crippen LogP) is 3.12. The number of nitrogens with zero attached hydrogens (tertiary/aromatic N) is 5. The van der Waals surface area contributed by atoms with E-state index in [2.05, 4.69) is 27.5 Å². The highest BCUT2D eigenvalue weighted by atomic mass is 16.2. The van der Waals surface area contributed by atoms with Crippen molar-refractivity contribution in [2.24, 2.45) is 5.92 Å². The van der Waals surface area contributed by atoms with E-state index in [4.69, 9.17) is 4.98 Å². The molecule has 3 heterocycles. The van der Waals surface area contributed by atoms with Crippen LogP contribution in [0.4, 0.5) is 5.82 Å². The van der Waals surface area contributed by atoms with Crippen LogP contribution in [0.2, 0.25) is 0 Å². The lowest BCUT2D eigenvalue weighted by Crippen LogP contribution is -2.36. The molecule has 0 bridgehead atoms. The van der Waals surface area contributed by atoms with Gasteiger partial charge in [-0.15, -0.1) is 0 Å². The fourth-order valence-electron chi connectivity index (χ4n) is 4.26. The number of hydrogen-bond acceptors (Lipinski definition) is 4. The minimum Gasteiger partial charge on any atom is -0.356 e. The van der Waals surface area contributed by atoms with E-state index >= 15 is 0 Å². The second-order valence-corrected chi connectivity index (χ2v) is 7.87. The first-order chi connectivity index (χ1) is 13.7. The molecule has 1 saturated carbocycles. The van der Waals surface area contributed by atoms with Gasteiger partial charge in [0.15, 0.2) is 5.65 Å². The Morgan fingerprint density at radius 3 is 2.79 bits per heavy atom. The quantitative estimate of drug-likeness (QED) is 0.692. The molecule has 2 aromatic heterocycles. The zero-order valence-corrected chi connectivity index (χ0v) is 16.1. The first kappa shape index (κ1) is 17.1. The zero-order valence-electron chi connectivity index (χ0n) is 16.1. The minimum absolute atomic E-state index is 0.271. The largest absolute Gasteiger partial charge is 0.356 e. The van der Waals surface area contributed by atoms with Gasteiger partial charge in [0.25, 0.3) is 0 Å². The number of para-hydroxylation sites is 2. The summed E-state index contributed by atoms with van der Waals surface area (Å²) >= 11 is 0. The standard InChI is InChI=1S/C22H23N5O/c1-15-13-20(25-9-4-10-26(12-11-25)22(28)16-7-8-16)27-19-6-3-2-5-18(19)24-21(27)17(15)14-23/h2-3,5-6,13,16H,4,7-12H2,1H3. The van der Waals surface area contributed by atoms with Gasteiger partial charge in [-0.3, -0.25) is 9.20 Å². The van der Waals surface area contributed by atoms with Gasteiger partial charge in [0, 0.05) is 32.1 Å². The SMILES string of the molecule is Cc1cc(N2CCCN(C(=O)C3CC3)CC2)n2c(nc3ccccc32)c1C#N. The van der Waals surface area contributed by atoms with Crippen LogP contribution in [-0.4, -0.2) is 46.4 Å². The molecule has 1 aromatic carbocycles. The van der Waals surface area contributed by atoms with Gasteiger partial charge in [0.05, 0.1) is 16.6 Å². The number of imidazole rings is 1. The van der Waals surface area contributed by atoms with Crippen molar-refractivity contribution < 1.29 is 4.79 Å². The first-order valence-electron chi connectivity index (χ1n) is 10.0. The van der Waals surface area contributed by atoms with Gasteiger partial charge in [-0.05, 0) is 49.9 Å². The van der Waals surface area contributed by atoms with E-state index in [1.54, 1.807) is 0 Å². The van der Waals surface area contributed by atoms with Crippen LogP contribution < -0.4 is 4.90 Å². The summed E-state index contributed by atoms with van der Waals surface area (Å²) in [5, 5.41) is 9.68. The number of fused-ring (bicyclic) bond motifs is 3. The van der Waals surface area contributed by atoms with E-state index in [1.165, 1.54) is 0 Å². The summed E-state index contributed by atoms with van der Waals surface area (Å²) in [7, 11) is 0. The van der Waals surface area contributed by atoms with Crippen molar-refractivity contribution in [2.45, 2.75) is 26.2 Å². The number of hydrogen-bond donors (Lipinski definition) is 0. The highest BCUT2D eigenvalue weighted by Crippen LogP contribution is 2.32. The lowest BCUT2D eigenvalue weighted by molar-refractivity contribution is -0.132. The van der Waals surface area contributed by atoms with Gasteiger partial charge in [0.1, 0.15) is 11.9 Å². The lowest BCUT2D eigenvalue weighted by atomic mass is 10.1. The van der Waals surface area contributed by atoms with Crippen molar-refractivity contribution in [1.82, 2.24) is 14.3 Å². The molecule has 1 aliphatic heterocycles. The van der Waals surface area contributed by atoms with Gasteiger partial charge in [-0.2, -0.15) is 5.26 Å². The van der Waals surface area contributed by atoms with E-state index in [0.29, 0.717) is 17.1 Å². The number of nitriles is 1. The summed E-state index contributed by atoms with van der Waals surface area (Å²) in [4.78, 5) is 21.6. The number of amides is 1. The van der Waals surface area contributed by atoms with Crippen molar-refractivity contribution in [3.63, 3.8) is 0 Å². The number of carbonyl (C=O) groups excluding carboxylic acids is 1. The van der Waals surface area contributed by atoms with Crippen LogP contribution in [-0.2, 0) is 4.79 Å². The predicted molar refractivity (Wildman–Crippen MR) is 108 cm³/mol. The summed E-state index contributed by atoms with van der Waals surface area (Å²) in [5.74, 6) is 1.66. The second kappa shape index (κ2) is 6.52. The van der Waals surface area contributed by atoms with Gasteiger partial charge >= 0.3 is 0 Å². The third kappa shape index (κ3) is 2.70. The molecule has 1 amide bonds. The topological polar surface area (TPSA) is 64.6 Å². The first-order valence-corrected chi connectivity index (χ1v) is 10.0. The van der Waals surface area contributed by atoms with E-state index in [9.17, 15) is 10.1 Å². The van der Waals surface area contributed by atoms with Crippen LogP contribution in [0.3, 0.4) is 0 Å². The molecule has 6 nitrogen and oxygen atoms in total. The van der Waals surface area contributed by atoms with E-state index in [-0.39, 0.29) is 5.92 Å². The molecule has 28 heavy (non-hydrogen) atoms. The maximum Gasteiger partial charge on any atom is 0.225 e. The van der Waals surface area contributed by atoms with Crippen molar-refractivity contribution in [3.05, 3.63) is 41.5 Å². The molecular weight excluding hydrogens is 350 g/mol. The molecule has 3 aromatic rings. The average Bonchev–Trinajstić information content (AvgIpc) is 3.51. The Kier molecular flexibility index (Phi) is 3.97. The van der Waals surface area contributed by atoms with Crippen LogP contribution in [0.15, 0.2) is 30.3 Å². The molecule has 0 N–H and O–H groups in total. The number of aryl methyl sites for hydroxylation is 1. The van der Waals surface area contributed by atoms with E-state index in [1.807, 2.05) is 30.0 Å². The number of carbonyl (C=O) groups is 1. The molecular formula is C22H23N5O. The molecule has 2 fully saturated rings. The Balaban J connectivity index is 1.58. The van der Waals surface area contributed by atoms with Crippen molar-refractivity contribution in [1.29, 1.82) is 5.26 Å². The van der Waals surface area contributed by atoms with Crippen molar-refractivity contribution in [2.75, 3.05) is 31.1 Å². The third-order valence-electron chi connectivity index (χ3n) is 5.92. The minimum atomic E-state index is 0.271. The van der Waals surface area contributed by atoms with Crippen LogP contribution in [0.25, 0.3) is 16.7 Å². The fourth-order valence-corrected chi connectivity index (χ4v) is 4.26. The van der Waals surface area contributed by atoms with Gasteiger partial charge in [0.2, 0.25) is 5.91 Å². The van der Waals surface area contributed by atoms with Crippen LogP contribution in [0, 0.1) is 24.2 Å². The van der Waals surface area contributed by atoms with Gasteiger partial charge in [-0.25, -0.2) is 4.98 Å². The highest BCUT2D eigenvalue weighted by molar-refractivity contribution is 5.85. The summed E-state index contributed by atoms with van der Waals surface area (Å²) in [6, 6.07) is 12.4. The number of aromatic nitrogens is 2. The van der Waals surface area contributed by atoms with Gasteiger partial charge < -0.3 is 9.80 Å². The number of pyridine rings is 1.